The van der Waals surface area contributed by atoms with Crippen LogP contribution in [0.3, 0.4) is 0 Å². The summed E-state index contributed by atoms with van der Waals surface area (Å²) in [6.45, 7) is 9.54. The Morgan fingerprint density at radius 1 is 0.307 bits per heavy atom. The predicted molar refractivity (Wildman–Crippen MR) is 314 cm³/mol. The molecule has 75 heavy (non-hydrogen) atoms. The van der Waals surface area contributed by atoms with Gasteiger partial charge in [0.05, 0.1) is 34.1 Å². The molecule has 15 rings (SSSR count). The van der Waals surface area contributed by atoms with Crippen molar-refractivity contribution in [1.82, 2.24) is 0 Å². The Hall–Kier alpha value is -9.18. The van der Waals surface area contributed by atoms with Crippen LogP contribution in [0.4, 0.5) is 34.1 Å². The summed E-state index contributed by atoms with van der Waals surface area (Å²) in [5.41, 5.74) is 21.3. The lowest BCUT2D eigenvalue weighted by atomic mass is 9.81. The minimum absolute atomic E-state index is 0.252. The molecule has 0 saturated carbocycles. The molecule has 1 aliphatic heterocycles. The summed E-state index contributed by atoms with van der Waals surface area (Å²) in [6, 6.07) is 89.4. The summed E-state index contributed by atoms with van der Waals surface area (Å²) in [5.74, 6) is 1.71. The van der Waals surface area contributed by atoms with E-state index in [9.17, 15) is 0 Å². The molecule has 0 N–H and O–H groups in total. The van der Waals surface area contributed by atoms with Gasteiger partial charge in [0.25, 0.3) is 0 Å². The fourth-order valence-corrected chi connectivity index (χ4v) is 13.5. The number of anilines is 6. The zero-order valence-electron chi connectivity index (χ0n) is 42.4. The van der Waals surface area contributed by atoms with E-state index < -0.39 is 0 Å². The van der Waals surface area contributed by atoms with Crippen molar-refractivity contribution in [3.63, 3.8) is 0 Å². The van der Waals surface area contributed by atoms with Crippen LogP contribution in [0.2, 0.25) is 0 Å². The van der Waals surface area contributed by atoms with Crippen LogP contribution in [-0.2, 0) is 10.8 Å². The first-order chi connectivity index (χ1) is 36.8. The molecule has 1 heterocycles. The van der Waals surface area contributed by atoms with E-state index in [0.29, 0.717) is 0 Å². The first-order valence-corrected chi connectivity index (χ1v) is 26.3. The normalized spacial score (nSPS) is 13.9. The molecule has 0 atom stereocenters. The number of para-hydroxylation sites is 2. The number of rotatable bonds is 8. The molecule has 0 aromatic heterocycles. The van der Waals surface area contributed by atoms with Crippen LogP contribution in [0.1, 0.15) is 49.9 Å². The van der Waals surface area contributed by atoms with Crippen molar-refractivity contribution in [3.8, 4) is 56.0 Å². The Morgan fingerprint density at radius 2 is 0.760 bits per heavy atom. The van der Waals surface area contributed by atoms with E-state index in [4.69, 9.17) is 4.74 Å². The van der Waals surface area contributed by atoms with Crippen molar-refractivity contribution in [3.05, 3.63) is 265 Å². The second-order valence-electron chi connectivity index (χ2n) is 21.6. The molecule has 0 saturated heterocycles. The number of hydrogen-bond acceptors (Lipinski definition) is 3. The third kappa shape index (κ3) is 6.28. The second kappa shape index (κ2) is 16.2. The van der Waals surface area contributed by atoms with Gasteiger partial charge >= 0.3 is 0 Å². The highest BCUT2D eigenvalue weighted by Crippen LogP contribution is 2.60. The molecule has 2 aliphatic carbocycles. The highest BCUT2D eigenvalue weighted by atomic mass is 16.5. The molecule has 356 valence electrons. The fourth-order valence-electron chi connectivity index (χ4n) is 13.5. The van der Waals surface area contributed by atoms with Crippen LogP contribution < -0.4 is 14.5 Å². The monoisotopic (exact) mass is 960 g/mol. The van der Waals surface area contributed by atoms with E-state index in [2.05, 4.69) is 280 Å². The van der Waals surface area contributed by atoms with Gasteiger partial charge in [-0.1, -0.05) is 222 Å². The van der Waals surface area contributed by atoms with E-state index in [0.717, 1.165) is 67.0 Å². The summed E-state index contributed by atoms with van der Waals surface area (Å²) in [6.07, 6.45) is 0. The quantitative estimate of drug-likeness (QED) is 0.141. The molecule has 0 amide bonds. The van der Waals surface area contributed by atoms with Gasteiger partial charge in [0, 0.05) is 49.6 Å². The van der Waals surface area contributed by atoms with Crippen LogP contribution in [0.15, 0.2) is 243 Å². The predicted octanol–water partition coefficient (Wildman–Crippen LogP) is 20.1. The lowest BCUT2D eigenvalue weighted by Gasteiger charge is -2.35. The van der Waals surface area contributed by atoms with Crippen molar-refractivity contribution in [2.45, 2.75) is 38.5 Å². The van der Waals surface area contributed by atoms with Crippen LogP contribution in [-0.4, -0.2) is 0 Å². The number of ether oxygens (including phenoxy) is 1. The molecule has 3 aliphatic rings. The minimum Gasteiger partial charge on any atom is -0.456 e. The van der Waals surface area contributed by atoms with Crippen LogP contribution >= 0.6 is 0 Å². The van der Waals surface area contributed by atoms with Gasteiger partial charge in [-0.3, -0.25) is 0 Å². The van der Waals surface area contributed by atoms with E-state index in [1.54, 1.807) is 0 Å². The van der Waals surface area contributed by atoms with Gasteiger partial charge in [0.1, 0.15) is 11.5 Å². The lowest BCUT2D eigenvalue weighted by Crippen LogP contribution is -2.21. The first-order valence-electron chi connectivity index (χ1n) is 26.3. The number of benzene rings is 12. The molecule has 0 unspecified atom stereocenters. The molecule has 0 spiro atoms. The topological polar surface area (TPSA) is 15.7 Å². The van der Waals surface area contributed by atoms with Gasteiger partial charge in [0.15, 0.2) is 0 Å². The van der Waals surface area contributed by atoms with Crippen LogP contribution in [0, 0.1) is 0 Å². The Kier molecular flexibility index (Phi) is 9.35. The zero-order valence-corrected chi connectivity index (χ0v) is 42.4. The molecular weight excluding hydrogens is 909 g/mol. The van der Waals surface area contributed by atoms with Crippen molar-refractivity contribution < 1.29 is 4.74 Å². The van der Waals surface area contributed by atoms with Crippen molar-refractivity contribution in [2.24, 2.45) is 0 Å². The Morgan fingerprint density at radius 3 is 1.35 bits per heavy atom. The summed E-state index contributed by atoms with van der Waals surface area (Å²) in [7, 11) is 0. The Labute approximate surface area is 438 Å². The molecule has 3 heteroatoms. The first kappa shape index (κ1) is 43.4. The molecule has 0 radical (unpaired) electrons. The third-order valence-electron chi connectivity index (χ3n) is 16.7. The summed E-state index contributed by atoms with van der Waals surface area (Å²) in [5, 5.41) is 6.89. The maximum atomic E-state index is 7.39. The van der Waals surface area contributed by atoms with E-state index in [-0.39, 0.29) is 10.8 Å². The molecule has 0 bridgehead atoms. The second-order valence-corrected chi connectivity index (χ2v) is 21.6. The average molecular weight is 961 g/mol. The van der Waals surface area contributed by atoms with Gasteiger partial charge in [-0.15, -0.1) is 0 Å². The number of fused-ring (bicyclic) bond motifs is 6. The summed E-state index contributed by atoms with van der Waals surface area (Å²) < 4.78 is 7.39. The Bertz CT molecular complexity index is 4340. The van der Waals surface area contributed by atoms with E-state index in [1.807, 2.05) is 0 Å². The average Bonchev–Trinajstić information content (AvgIpc) is 3.89. The number of hydrogen-bond donors (Lipinski definition) is 0. The van der Waals surface area contributed by atoms with Crippen molar-refractivity contribution in [2.75, 3.05) is 9.80 Å². The maximum Gasteiger partial charge on any atom is 0.138 e. The molecule has 0 fully saturated rings. The zero-order chi connectivity index (χ0) is 50.2. The minimum atomic E-state index is -0.257. The summed E-state index contributed by atoms with van der Waals surface area (Å²) >= 11 is 0. The summed E-state index contributed by atoms with van der Waals surface area (Å²) in [4.78, 5) is 5.05. The Balaban J connectivity index is 0.983. The van der Waals surface area contributed by atoms with Gasteiger partial charge in [-0.2, -0.15) is 0 Å². The highest BCUT2D eigenvalue weighted by molar-refractivity contribution is 6.28. The van der Waals surface area contributed by atoms with E-state index >= 15 is 0 Å². The van der Waals surface area contributed by atoms with Crippen molar-refractivity contribution in [1.29, 1.82) is 0 Å². The van der Waals surface area contributed by atoms with Gasteiger partial charge in [-0.05, 0) is 109 Å². The van der Waals surface area contributed by atoms with Crippen LogP contribution in [0.25, 0.3) is 76.8 Å². The molecular formula is C72H52N2O. The van der Waals surface area contributed by atoms with Gasteiger partial charge < -0.3 is 14.5 Å². The molecule has 3 nitrogen and oxygen atoms in total. The van der Waals surface area contributed by atoms with Crippen molar-refractivity contribution >= 4 is 66.4 Å². The van der Waals surface area contributed by atoms with E-state index in [1.165, 1.54) is 77.7 Å². The van der Waals surface area contributed by atoms with Gasteiger partial charge in [-0.25, -0.2) is 0 Å². The standard InChI is InChI=1S/C72H52N2O/c1-71(2)57-33-15-11-28-52(57)54-30-19-37-61(69(54)71)73(59-35-17-13-26-50(59)45-22-7-5-8-23-45)49-42-47-40-41-48-43-63(56-32-21-39-64-68(56)67(48)66(47)65(44-49)75-64)74(60-36-18-14-27-51(60)46-24-9-6-10-25-46)62-38-20-31-55-53-29-12-16-34-58(53)72(3,4)70(55)62/h5-44H,1-4H3. The van der Waals surface area contributed by atoms with Crippen LogP contribution in [0.5, 0.6) is 11.5 Å². The molecule has 12 aromatic rings. The highest BCUT2D eigenvalue weighted by Gasteiger charge is 2.41. The third-order valence-corrected chi connectivity index (χ3v) is 16.7. The molecule has 12 aromatic carbocycles. The number of nitrogens with zero attached hydrogens (tertiary/aromatic N) is 2. The van der Waals surface area contributed by atoms with Gasteiger partial charge in [0.2, 0.25) is 0 Å². The largest absolute Gasteiger partial charge is 0.456 e. The smallest absolute Gasteiger partial charge is 0.138 e. The fraction of sp³-hybridized carbons (Fsp3) is 0.0833. The lowest BCUT2D eigenvalue weighted by molar-refractivity contribution is 0.493. The maximum absolute atomic E-state index is 7.39. The SMILES string of the molecule is CC1(C)c2ccccc2-c2cccc(N(c3cc4c5c(ccc6cc(N(c7ccccc7-c7ccccc7)c7cccc8c7C(C)(C)c7ccccc7-8)c7cccc(c7c65)O4)c3)c3ccccc3-c3ccccc3)c21.